The minimum atomic E-state index is -0.893. The number of aliphatic hydroxyl groups excluding tert-OH is 5. The van der Waals surface area contributed by atoms with Gasteiger partial charge in [-0.15, -0.1) is 0 Å². The Morgan fingerprint density at radius 1 is 0.940 bits per heavy atom. The van der Waals surface area contributed by atoms with Crippen molar-refractivity contribution in [1.82, 2.24) is 10.6 Å². The summed E-state index contributed by atoms with van der Waals surface area (Å²) < 4.78 is 24.4. The lowest BCUT2D eigenvalue weighted by Gasteiger charge is -2.48. The summed E-state index contributed by atoms with van der Waals surface area (Å²) >= 11 is 0. The van der Waals surface area contributed by atoms with Crippen molar-refractivity contribution in [3.8, 4) is 0 Å². The molecule has 4 fully saturated rings. The number of rotatable bonds is 19. The van der Waals surface area contributed by atoms with Gasteiger partial charge >= 0.3 is 5.97 Å². The third-order valence-electron chi connectivity index (χ3n) is 12.0. The number of hydrogen-bond donors (Lipinski definition) is 9. The van der Waals surface area contributed by atoms with Crippen LogP contribution >= 0.6 is 0 Å². The first kappa shape index (κ1) is 41.7. The lowest BCUT2D eigenvalue weighted by molar-refractivity contribution is -0.199. The first-order valence-corrected chi connectivity index (χ1v) is 19.2. The van der Waals surface area contributed by atoms with Crippen molar-refractivity contribution in [1.29, 1.82) is 0 Å². The molecule has 2 saturated heterocycles. The highest BCUT2D eigenvalue weighted by molar-refractivity contribution is 5.67. The van der Waals surface area contributed by atoms with Crippen LogP contribution < -0.4 is 16.4 Å². The van der Waals surface area contributed by atoms with Gasteiger partial charge in [-0.25, -0.2) is 0 Å². The van der Waals surface area contributed by atoms with Crippen LogP contribution in [0.3, 0.4) is 0 Å². The Hall–Kier alpha value is -1.01. The molecule has 2 aliphatic carbocycles. The van der Waals surface area contributed by atoms with Crippen LogP contribution in [0.5, 0.6) is 0 Å². The van der Waals surface area contributed by atoms with Gasteiger partial charge in [-0.05, 0) is 114 Å². The van der Waals surface area contributed by atoms with E-state index in [1.54, 1.807) is 7.11 Å². The summed E-state index contributed by atoms with van der Waals surface area (Å²) in [4.78, 5) is 12.0. The van der Waals surface area contributed by atoms with E-state index in [9.17, 15) is 35.4 Å². The van der Waals surface area contributed by atoms with Gasteiger partial charge in [0.1, 0.15) is 12.9 Å². The Morgan fingerprint density at radius 2 is 1.72 bits per heavy atom. The molecule has 0 aromatic rings. The molecule has 2 aliphatic heterocycles. The van der Waals surface area contributed by atoms with Gasteiger partial charge in [-0.1, -0.05) is 6.92 Å². The number of carbonyl (C=O) groups is 1. The fourth-order valence-corrected chi connectivity index (χ4v) is 9.37. The number of nitrogens with two attached hydrogens (primary N) is 1. The van der Waals surface area contributed by atoms with Gasteiger partial charge < -0.3 is 66.0 Å². The monoisotopic (exact) mass is 717 g/mol. The average molecular weight is 718 g/mol. The Bertz CT molecular complexity index is 984. The maximum Gasteiger partial charge on any atom is 0.303 e. The zero-order valence-electron chi connectivity index (χ0n) is 30.2. The maximum atomic E-state index is 12.0. The Kier molecular flexibility index (Phi) is 17.6. The Balaban J connectivity index is 1.43. The minimum Gasteiger partial charge on any atom is -0.481 e. The molecule has 50 heavy (non-hydrogen) atoms. The molecule has 4 aliphatic rings. The van der Waals surface area contributed by atoms with Crippen LogP contribution in [0.2, 0.25) is 0 Å². The molecule has 0 spiro atoms. The summed E-state index contributed by atoms with van der Waals surface area (Å²) in [6.07, 6.45) is 3.71. The van der Waals surface area contributed by atoms with Gasteiger partial charge in [0.05, 0.1) is 55.5 Å². The number of piperidine rings is 1. The summed E-state index contributed by atoms with van der Waals surface area (Å²) in [5.74, 6) is -0.811. The van der Waals surface area contributed by atoms with Gasteiger partial charge in [0.2, 0.25) is 0 Å². The molecule has 0 bridgehead atoms. The molecule has 0 aromatic carbocycles. The molecule has 0 amide bonds. The first-order valence-electron chi connectivity index (χ1n) is 19.2. The minimum absolute atomic E-state index is 0.00528. The predicted molar refractivity (Wildman–Crippen MR) is 185 cm³/mol. The predicted octanol–water partition coefficient (Wildman–Crippen LogP) is 0.694. The van der Waals surface area contributed by atoms with Gasteiger partial charge in [0.25, 0.3) is 0 Å². The van der Waals surface area contributed by atoms with Gasteiger partial charge in [-0.3, -0.25) is 4.79 Å². The first-order chi connectivity index (χ1) is 24.1. The molecule has 15 atom stereocenters. The molecular weight excluding hydrogens is 650 g/mol. The number of aliphatic hydroxyl groups is 5. The third kappa shape index (κ3) is 12.0. The number of methoxy groups -OCH3 is 1. The fraction of sp³-hybridized carbons (Fsp3) is 0.972. The molecule has 15 unspecified atom stereocenters. The SMILES string of the molecule is CCNC(COC1CC(C2OC(CCC3CCC(O)C(OCO)C3)CC(O)C2CCO)CC(OC)C1O)C(CC(=O)O)CC1CCNC(N)C1. The summed E-state index contributed by atoms with van der Waals surface area (Å²) in [5, 5.41) is 68.7. The molecule has 10 N–H and O–H groups in total. The number of nitrogens with one attached hydrogen (secondary N) is 2. The number of hydrogen-bond acceptors (Lipinski definition) is 13. The summed E-state index contributed by atoms with van der Waals surface area (Å²) in [5.41, 5.74) is 6.16. The van der Waals surface area contributed by atoms with Crippen LogP contribution in [-0.4, -0.2) is 138 Å². The number of aliphatic carboxylic acids is 1. The van der Waals surface area contributed by atoms with Crippen molar-refractivity contribution in [3.63, 3.8) is 0 Å². The highest BCUT2D eigenvalue weighted by Gasteiger charge is 2.47. The van der Waals surface area contributed by atoms with Crippen LogP contribution in [-0.2, 0) is 23.7 Å². The van der Waals surface area contributed by atoms with Gasteiger partial charge in [0.15, 0.2) is 0 Å². The zero-order valence-corrected chi connectivity index (χ0v) is 30.2. The lowest BCUT2D eigenvalue weighted by atomic mass is 9.72. The van der Waals surface area contributed by atoms with Crippen molar-refractivity contribution in [3.05, 3.63) is 0 Å². The molecule has 14 heteroatoms. The smallest absolute Gasteiger partial charge is 0.303 e. The molecule has 14 nitrogen and oxygen atoms in total. The second kappa shape index (κ2) is 21.0. The van der Waals surface area contributed by atoms with Crippen molar-refractivity contribution in [2.75, 3.05) is 40.2 Å². The standard InChI is InChI=1S/C36H67N3O11/c1-3-38-27(23(17-34(44)45)12-22-8-10-39-33(37)14-22)19-48-32-16-24(15-31(47-2)35(32)46)36-26(9-11-40)29(43)18-25(50-36)6-4-21-5-7-28(42)30(13-21)49-20-41/h21-33,35-36,38-43,46H,3-20,37H2,1-2H3,(H,44,45). The van der Waals surface area contributed by atoms with Crippen LogP contribution in [0, 0.1) is 29.6 Å². The van der Waals surface area contributed by atoms with E-state index in [1.165, 1.54) is 0 Å². The Morgan fingerprint density at radius 3 is 2.40 bits per heavy atom. The van der Waals surface area contributed by atoms with E-state index in [-0.39, 0.29) is 67.9 Å². The normalized spacial score (nSPS) is 39.6. The summed E-state index contributed by atoms with van der Waals surface area (Å²) in [6.45, 7) is 3.16. The van der Waals surface area contributed by atoms with E-state index in [1.807, 2.05) is 6.92 Å². The molecule has 2 saturated carbocycles. The van der Waals surface area contributed by atoms with Crippen LogP contribution in [0.15, 0.2) is 0 Å². The number of carboxylic acids is 1. The van der Waals surface area contributed by atoms with E-state index < -0.39 is 43.3 Å². The highest BCUT2D eigenvalue weighted by atomic mass is 16.6. The third-order valence-corrected chi connectivity index (χ3v) is 12.0. The van der Waals surface area contributed by atoms with E-state index in [0.717, 1.165) is 38.6 Å². The van der Waals surface area contributed by atoms with Crippen LogP contribution in [0.1, 0.15) is 90.4 Å². The molecule has 0 aromatic heterocycles. The average Bonchev–Trinajstić information content (AvgIpc) is 3.08. The molecule has 292 valence electrons. The lowest BCUT2D eigenvalue weighted by Crippen LogP contribution is -2.55. The second-order valence-electron chi connectivity index (χ2n) is 15.4. The topological polar surface area (TPSA) is 225 Å². The van der Waals surface area contributed by atoms with Crippen LogP contribution in [0.25, 0.3) is 0 Å². The Labute approximate surface area is 297 Å². The largest absolute Gasteiger partial charge is 0.481 e. The van der Waals surface area contributed by atoms with Gasteiger partial charge in [0, 0.05) is 32.1 Å². The maximum absolute atomic E-state index is 12.0. The van der Waals surface area contributed by atoms with E-state index in [4.69, 9.17) is 24.7 Å². The van der Waals surface area contributed by atoms with E-state index in [0.29, 0.717) is 63.3 Å². The second-order valence-corrected chi connectivity index (χ2v) is 15.4. The summed E-state index contributed by atoms with van der Waals surface area (Å²) in [7, 11) is 1.57. The van der Waals surface area contributed by atoms with E-state index >= 15 is 0 Å². The number of carboxylic acid groups (broad SMARTS) is 1. The van der Waals surface area contributed by atoms with Crippen molar-refractivity contribution >= 4 is 5.97 Å². The highest BCUT2D eigenvalue weighted by Crippen LogP contribution is 2.42. The van der Waals surface area contributed by atoms with E-state index in [2.05, 4.69) is 10.6 Å². The van der Waals surface area contributed by atoms with Gasteiger partial charge in [-0.2, -0.15) is 0 Å². The fourth-order valence-electron chi connectivity index (χ4n) is 9.37. The molecule has 2 heterocycles. The number of ether oxygens (including phenoxy) is 4. The van der Waals surface area contributed by atoms with Crippen molar-refractivity contribution < 1.29 is 54.4 Å². The quantitative estimate of drug-likeness (QED) is 0.0839. The van der Waals surface area contributed by atoms with Crippen molar-refractivity contribution in [2.24, 2.45) is 35.3 Å². The van der Waals surface area contributed by atoms with Crippen molar-refractivity contribution in [2.45, 2.75) is 151 Å². The summed E-state index contributed by atoms with van der Waals surface area (Å²) in [6, 6.07) is -0.238. The van der Waals surface area contributed by atoms with Crippen LogP contribution in [0.4, 0.5) is 0 Å². The number of likely N-dealkylation sites (N-methyl/N-ethyl adjacent to an activating group) is 1. The zero-order chi connectivity index (χ0) is 36.2. The molecule has 0 radical (unpaired) electrons. The molecular formula is C36H67N3O11. The molecule has 4 rings (SSSR count).